The lowest BCUT2D eigenvalue weighted by Crippen LogP contribution is -2.39. The Labute approximate surface area is 159 Å². The highest BCUT2D eigenvalue weighted by Crippen LogP contribution is 2.36. The zero-order chi connectivity index (χ0) is 18.8. The smallest absolute Gasteiger partial charge is 0.0717 e. The van der Waals surface area contributed by atoms with Crippen LogP contribution < -0.4 is 0 Å². The number of hydrogen-bond donors (Lipinski definition) is 0. The highest BCUT2D eigenvalue weighted by Gasteiger charge is 2.35. The summed E-state index contributed by atoms with van der Waals surface area (Å²) in [7, 11) is 0. The van der Waals surface area contributed by atoms with E-state index >= 15 is 0 Å². The van der Waals surface area contributed by atoms with Crippen molar-refractivity contribution in [2.45, 2.75) is 47.3 Å². The minimum atomic E-state index is 0.0394. The summed E-state index contributed by atoms with van der Waals surface area (Å²) in [6.07, 6.45) is 1.11. The Hall–Kier alpha value is -1.64. The Bertz CT molecular complexity index is 559. The van der Waals surface area contributed by atoms with Gasteiger partial charge in [0.1, 0.15) is 0 Å². The molecule has 0 saturated heterocycles. The number of hydrogen-bond acceptors (Lipinski definition) is 2. The molecule has 0 aliphatic carbocycles. The molecule has 0 aliphatic heterocycles. The first kappa shape index (κ1) is 20.7. The summed E-state index contributed by atoms with van der Waals surface area (Å²) in [6.45, 7) is 11.9. The second-order valence-corrected chi connectivity index (χ2v) is 8.07. The van der Waals surface area contributed by atoms with Gasteiger partial charge in [0.2, 0.25) is 0 Å². The quantitative estimate of drug-likeness (QED) is 0.485. The van der Waals surface area contributed by atoms with Crippen LogP contribution in [-0.2, 0) is 22.7 Å². The molecule has 0 N–H and O–H groups in total. The van der Waals surface area contributed by atoms with Gasteiger partial charge in [-0.2, -0.15) is 0 Å². The molecular formula is C24H34O2. The maximum Gasteiger partial charge on any atom is 0.0717 e. The normalized spacial score (nSPS) is 12.1. The molecule has 0 amide bonds. The maximum absolute atomic E-state index is 6.17. The molecule has 2 aromatic rings. The van der Waals surface area contributed by atoms with Gasteiger partial charge >= 0.3 is 0 Å². The zero-order valence-corrected chi connectivity index (χ0v) is 16.8. The van der Waals surface area contributed by atoms with Gasteiger partial charge < -0.3 is 9.47 Å². The van der Waals surface area contributed by atoms with Crippen molar-refractivity contribution >= 4 is 0 Å². The van der Waals surface area contributed by atoms with Crippen LogP contribution in [0.1, 0.15) is 45.2 Å². The minimum absolute atomic E-state index is 0.0394. The van der Waals surface area contributed by atoms with Crippen molar-refractivity contribution in [1.29, 1.82) is 0 Å². The van der Waals surface area contributed by atoms with Crippen molar-refractivity contribution in [3.8, 4) is 0 Å². The molecule has 0 saturated carbocycles. The van der Waals surface area contributed by atoms with E-state index in [1.54, 1.807) is 0 Å². The van der Waals surface area contributed by atoms with Gasteiger partial charge in [-0.15, -0.1) is 0 Å². The molecule has 2 rings (SSSR count). The van der Waals surface area contributed by atoms with Gasteiger partial charge in [-0.25, -0.2) is 0 Å². The van der Waals surface area contributed by atoms with Crippen LogP contribution >= 0.6 is 0 Å². The van der Waals surface area contributed by atoms with Gasteiger partial charge in [-0.05, 0) is 29.4 Å². The van der Waals surface area contributed by atoms with E-state index in [1.165, 1.54) is 11.1 Å². The van der Waals surface area contributed by atoms with Crippen LogP contribution in [-0.4, -0.2) is 13.2 Å². The highest BCUT2D eigenvalue weighted by atomic mass is 16.5. The molecule has 0 radical (unpaired) electrons. The van der Waals surface area contributed by atoms with E-state index in [4.69, 9.17) is 9.47 Å². The van der Waals surface area contributed by atoms with Crippen molar-refractivity contribution in [3.05, 3.63) is 71.8 Å². The number of benzene rings is 2. The molecule has 0 spiro atoms. The van der Waals surface area contributed by atoms with E-state index in [1.807, 2.05) is 12.1 Å². The Kier molecular flexibility index (Phi) is 8.34. The third-order valence-electron chi connectivity index (χ3n) is 5.04. The Balaban J connectivity index is 1.97. The molecular weight excluding hydrogens is 320 g/mol. The standard InChI is InChI=1S/C24H34O2/c1-20(2)15-24(21(3)4,18-25-16-22-11-7-5-8-12-22)19-26-17-23-13-9-6-10-14-23/h5-14,20-21H,15-19H2,1-4H3. The fraction of sp³-hybridized carbons (Fsp3) is 0.500. The average molecular weight is 355 g/mol. The van der Waals surface area contributed by atoms with Gasteiger partial charge in [0.25, 0.3) is 0 Å². The fourth-order valence-corrected chi connectivity index (χ4v) is 3.43. The molecule has 0 atom stereocenters. The van der Waals surface area contributed by atoms with Crippen LogP contribution in [0.3, 0.4) is 0 Å². The first-order valence-electron chi connectivity index (χ1n) is 9.75. The van der Waals surface area contributed by atoms with Crippen LogP contribution in [0, 0.1) is 17.3 Å². The first-order chi connectivity index (χ1) is 12.5. The first-order valence-corrected chi connectivity index (χ1v) is 9.75. The monoisotopic (exact) mass is 354 g/mol. The summed E-state index contributed by atoms with van der Waals surface area (Å²) < 4.78 is 12.3. The lowest BCUT2D eigenvalue weighted by Gasteiger charge is -2.38. The zero-order valence-electron chi connectivity index (χ0n) is 16.8. The van der Waals surface area contributed by atoms with Crippen LogP contribution in [0.5, 0.6) is 0 Å². The van der Waals surface area contributed by atoms with Crippen LogP contribution in [0.25, 0.3) is 0 Å². The SMILES string of the molecule is CC(C)CC(COCc1ccccc1)(COCc1ccccc1)C(C)C. The Morgan fingerprint density at radius 3 is 1.46 bits per heavy atom. The largest absolute Gasteiger partial charge is 0.376 e. The van der Waals surface area contributed by atoms with Gasteiger partial charge in [-0.3, -0.25) is 0 Å². The van der Waals surface area contributed by atoms with E-state index in [2.05, 4.69) is 76.2 Å². The van der Waals surface area contributed by atoms with Gasteiger partial charge in [0, 0.05) is 5.41 Å². The highest BCUT2D eigenvalue weighted by molar-refractivity contribution is 5.14. The van der Waals surface area contributed by atoms with E-state index in [-0.39, 0.29) is 5.41 Å². The minimum Gasteiger partial charge on any atom is -0.376 e. The summed E-state index contributed by atoms with van der Waals surface area (Å²) in [6, 6.07) is 20.8. The van der Waals surface area contributed by atoms with E-state index in [0.29, 0.717) is 25.0 Å². The lowest BCUT2D eigenvalue weighted by atomic mass is 9.72. The second kappa shape index (κ2) is 10.5. The third-order valence-corrected chi connectivity index (χ3v) is 5.04. The molecule has 0 unspecified atom stereocenters. The Morgan fingerprint density at radius 1 is 0.692 bits per heavy atom. The fourth-order valence-electron chi connectivity index (χ4n) is 3.43. The van der Waals surface area contributed by atoms with Gasteiger partial charge in [0.15, 0.2) is 0 Å². The molecule has 2 aromatic carbocycles. The van der Waals surface area contributed by atoms with Gasteiger partial charge in [-0.1, -0.05) is 88.4 Å². The molecule has 142 valence electrons. The Morgan fingerprint density at radius 2 is 1.12 bits per heavy atom. The molecule has 26 heavy (non-hydrogen) atoms. The van der Waals surface area contributed by atoms with Crippen LogP contribution in [0.4, 0.5) is 0 Å². The molecule has 0 bridgehead atoms. The molecule has 2 nitrogen and oxygen atoms in total. The lowest BCUT2D eigenvalue weighted by molar-refractivity contribution is -0.0678. The van der Waals surface area contributed by atoms with Gasteiger partial charge in [0.05, 0.1) is 26.4 Å². The van der Waals surface area contributed by atoms with E-state index in [0.717, 1.165) is 19.6 Å². The number of ether oxygens (including phenoxy) is 2. The van der Waals surface area contributed by atoms with Crippen molar-refractivity contribution in [2.24, 2.45) is 17.3 Å². The summed E-state index contributed by atoms with van der Waals surface area (Å²) in [5.41, 5.74) is 2.48. The van der Waals surface area contributed by atoms with E-state index in [9.17, 15) is 0 Å². The predicted octanol–water partition coefficient (Wildman–Crippen LogP) is 6.11. The topological polar surface area (TPSA) is 18.5 Å². The van der Waals surface area contributed by atoms with Crippen molar-refractivity contribution in [3.63, 3.8) is 0 Å². The maximum atomic E-state index is 6.17. The summed E-state index contributed by atoms with van der Waals surface area (Å²) in [5, 5.41) is 0. The van der Waals surface area contributed by atoms with E-state index < -0.39 is 0 Å². The molecule has 0 fully saturated rings. The molecule has 0 aromatic heterocycles. The predicted molar refractivity (Wildman–Crippen MR) is 109 cm³/mol. The second-order valence-electron chi connectivity index (χ2n) is 8.07. The van der Waals surface area contributed by atoms with Crippen molar-refractivity contribution in [1.82, 2.24) is 0 Å². The number of rotatable bonds is 11. The summed E-state index contributed by atoms with van der Waals surface area (Å²) in [4.78, 5) is 0. The third kappa shape index (κ3) is 6.59. The molecule has 0 heterocycles. The van der Waals surface area contributed by atoms with Crippen molar-refractivity contribution < 1.29 is 9.47 Å². The average Bonchev–Trinajstić information content (AvgIpc) is 2.62. The molecule has 2 heteroatoms. The summed E-state index contributed by atoms with van der Waals surface area (Å²) >= 11 is 0. The van der Waals surface area contributed by atoms with Crippen molar-refractivity contribution in [2.75, 3.05) is 13.2 Å². The van der Waals surface area contributed by atoms with Crippen LogP contribution in [0.2, 0.25) is 0 Å². The molecule has 0 aliphatic rings. The van der Waals surface area contributed by atoms with Crippen LogP contribution in [0.15, 0.2) is 60.7 Å². The summed E-state index contributed by atoms with van der Waals surface area (Å²) in [5.74, 6) is 1.11.